The molecule has 0 bridgehead atoms. The zero-order valence-electron chi connectivity index (χ0n) is 17.0. The summed E-state index contributed by atoms with van der Waals surface area (Å²) in [7, 11) is 1.59. The number of rotatable bonds is 9. The maximum atomic E-state index is 13.0. The van der Waals surface area contributed by atoms with Gasteiger partial charge in [0, 0.05) is 16.6 Å². The molecule has 0 spiro atoms. The molecule has 9 heteroatoms. The Labute approximate surface area is 189 Å². The van der Waals surface area contributed by atoms with Crippen LogP contribution in [0.15, 0.2) is 64.7 Å². The summed E-state index contributed by atoms with van der Waals surface area (Å²) in [4.78, 5) is 29.4. The largest absolute Gasteiger partial charge is 0.497 e. The van der Waals surface area contributed by atoms with Crippen LogP contribution in [0.2, 0.25) is 10.0 Å². The van der Waals surface area contributed by atoms with Gasteiger partial charge in [-0.25, -0.2) is 14.2 Å². The molecule has 0 atom stereocenters. The fourth-order valence-electron chi connectivity index (χ4n) is 3.04. The van der Waals surface area contributed by atoms with Gasteiger partial charge in [0.1, 0.15) is 5.75 Å². The number of ether oxygens (including phenoxy) is 1. The Kier molecular flexibility index (Phi) is 7.55. The van der Waals surface area contributed by atoms with Crippen molar-refractivity contribution in [2.75, 3.05) is 19.0 Å². The monoisotopic (exact) mass is 460 g/mol. The Morgan fingerprint density at radius 2 is 1.87 bits per heavy atom. The highest BCUT2D eigenvalue weighted by Gasteiger charge is 2.13. The van der Waals surface area contributed by atoms with Crippen molar-refractivity contribution in [1.82, 2.24) is 14.1 Å². The third kappa shape index (κ3) is 5.57. The standard InChI is InChI=1S/C22H22Cl2N4O3/c1-3-12-27-21(29)26-20(25-11-10-16-6-7-17(23)13-19(16)24)28(22(27)30)14-15-4-8-18(31-2)9-5-15/h3-9,13H,1,10-12,14H2,2H3,(H,25,26,29). The Morgan fingerprint density at radius 1 is 1.13 bits per heavy atom. The maximum absolute atomic E-state index is 13.0. The number of benzene rings is 2. The van der Waals surface area contributed by atoms with Crippen LogP contribution in [-0.4, -0.2) is 27.8 Å². The van der Waals surface area contributed by atoms with Crippen LogP contribution in [-0.2, 0) is 19.5 Å². The second-order valence-corrected chi connectivity index (χ2v) is 7.59. The first-order valence-electron chi connectivity index (χ1n) is 9.56. The van der Waals surface area contributed by atoms with E-state index in [0.717, 1.165) is 15.7 Å². The Balaban J connectivity index is 1.89. The van der Waals surface area contributed by atoms with Crippen molar-refractivity contribution in [1.29, 1.82) is 0 Å². The first kappa shape index (κ1) is 22.7. The van der Waals surface area contributed by atoms with Gasteiger partial charge in [0.15, 0.2) is 0 Å². The number of hydrogen-bond acceptors (Lipinski definition) is 5. The van der Waals surface area contributed by atoms with E-state index in [4.69, 9.17) is 27.9 Å². The number of hydrogen-bond donors (Lipinski definition) is 1. The molecule has 3 rings (SSSR count). The van der Waals surface area contributed by atoms with E-state index in [9.17, 15) is 9.59 Å². The predicted octanol–water partition coefficient (Wildman–Crippen LogP) is 3.61. The fraction of sp³-hybridized carbons (Fsp3) is 0.227. The van der Waals surface area contributed by atoms with Crippen LogP contribution >= 0.6 is 23.2 Å². The molecule has 1 aromatic heterocycles. The van der Waals surface area contributed by atoms with Gasteiger partial charge in [-0.05, 0) is 41.8 Å². The molecule has 0 saturated heterocycles. The van der Waals surface area contributed by atoms with E-state index < -0.39 is 11.4 Å². The third-order valence-electron chi connectivity index (χ3n) is 4.65. The van der Waals surface area contributed by atoms with Crippen LogP contribution in [0, 0.1) is 0 Å². The SMILES string of the molecule is C=CCn1c(=O)nc(NCCc2ccc(Cl)cc2Cl)n(Cc2ccc(OC)cc2)c1=O. The minimum absolute atomic E-state index is 0.0773. The number of aromatic nitrogens is 3. The molecule has 3 aromatic rings. The molecule has 162 valence electrons. The van der Waals surface area contributed by atoms with Crippen LogP contribution < -0.4 is 21.4 Å². The summed E-state index contributed by atoms with van der Waals surface area (Å²) >= 11 is 12.2. The van der Waals surface area contributed by atoms with Crippen molar-refractivity contribution in [3.05, 3.63) is 97.3 Å². The molecule has 0 unspecified atom stereocenters. The average molecular weight is 461 g/mol. The number of nitrogens with one attached hydrogen (secondary N) is 1. The molecule has 0 amide bonds. The Hall–Kier alpha value is -3.03. The lowest BCUT2D eigenvalue weighted by Gasteiger charge is -2.15. The Morgan fingerprint density at radius 3 is 2.52 bits per heavy atom. The molecule has 0 aliphatic rings. The van der Waals surface area contributed by atoms with Gasteiger partial charge in [-0.1, -0.05) is 47.5 Å². The lowest BCUT2D eigenvalue weighted by atomic mass is 10.1. The molecular weight excluding hydrogens is 439 g/mol. The smallest absolute Gasteiger partial charge is 0.355 e. The first-order chi connectivity index (χ1) is 14.9. The van der Waals surface area contributed by atoms with Crippen molar-refractivity contribution >= 4 is 29.2 Å². The lowest BCUT2D eigenvalue weighted by Crippen LogP contribution is -2.42. The van der Waals surface area contributed by atoms with Crippen LogP contribution in [0.4, 0.5) is 5.95 Å². The molecule has 0 radical (unpaired) electrons. The van der Waals surface area contributed by atoms with Crippen LogP contribution in [0.3, 0.4) is 0 Å². The first-order valence-corrected chi connectivity index (χ1v) is 10.3. The molecule has 0 fully saturated rings. The summed E-state index contributed by atoms with van der Waals surface area (Å²) in [6.07, 6.45) is 2.04. The van der Waals surface area contributed by atoms with Gasteiger partial charge in [0.2, 0.25) is 5.95 Å². The predicted molar refractivity (Wildman–Crippen MR) is 124 cm³/mol. The number of halogens is 2. The second kappa shape index (κ2) is 10.3. The third-order valence-corrected chi connectivity index (χ3v) is 5.24. The second-order valence-electron chi connectivity index (χ2n) is 6.75. The van der Waals surface area contributed by atoms with Gasteiger partial charge in [-0.3, -0.25) is 4.57 Å². The summed E-state index contributed by atoms with van der Waals surface area (Å²) < 4.78 is 7.64. The normalized spacial score (nSPS) is 10.7. The summed E-state index contributed by atoms with van der Waals surface area (Å²) in [5, 5.41) is 4.21. The molecular formula is C22H22Cl2N4O3. The molecule has 31 heavy (non-hydrogen) atoms. The van der Waals surface area contributed by atoms with Gasteiger partial charge in [0.05, 0.1) is 20.2 Å². The van der Waals surface area contributed by atoms with E-state index in [1.165, 1.54) is 10.6 Å². The minimum Gasteiger partial charge on any atom is -0.497 e. The summed E-state index contributed by atoms with van der Waals surface area (Å²) in [6, 6.07) is 12.6. The van der Waals surface area contributed by atoms with Crippen LogP contribution in [0.1, 0.15) is 11.1 Å². The zero-order chi connectivity index (χ0) is 22.4. The average Bonchev–Trinajstić information content (AvgIpc) is 2.75. The van der Waals surface area contributed by atoms with Crippen molar-refractivity contribution in [3.63, 3.8) is 0 Å². The van der Waals surface area contributed by atoms with Crippen molar-refractivity contribution in [2.24, 2.45) is 0 Å². The molecule has 1 N–H and O–H groups in total. The summed E-state index contributed by atoms with van der Waals surface area (Å²) in [5.41, 5.74) is 0.644. The van der Waals surface area contributed by atoms with Crippen molar-refractivity contribution in [2.45, 2.75) is 19.5 Å². The number of methoxy groups -OCH3 is 1. The summed E-state index contributed by atoms with van der Waals surface area (Å²) in [6.45, 7) is 4.33. The van der Waals surface area contributed by atoms with Crippen LogP contribution in [0.25, 0.3) is 0 Å². The van der Waals surface area contributed by atoms with Gasteiger partial charge in [0.25, 0.3) is 0 Å². The number of anilines is 1. The minimum atomic E-state index is -0.636. The number of nitrogens with zero attached hydrogens (tertiary/aromatic N) is 3. The Bertz CT molecular complexity index is 1190. The fourth-order valence-corrected chi connectivity index (χ4v) is 3.54. The maximum Gasteiger partial charge on any atom is 0.355 e. The van der Waals surface area contributed by atoms with Gasteiger partial charge in [-0.2, -0.15) is 4.98 Å². The lowest BCUT2D eigenvalue weighted by molar-refractivity contribution is 0.414. The molecule has 0 aliphatic carbocycles. The number of allylic oxidation sites excluding steroid dienone is 1. The van der Waals surface area contributed by atoms with Crippen molar-refractivity contribution < 1.29 is 4.74 Å². The molecule has 0 saturated carbocycles. The molecule has 0 aliphatic heterocycles. The van der Waals surface area contributed by atoms with E-state index >= 15 is 0 Å². The van der Waals surface area contributed by atoms with E-state index in [1.807, 2.05) is 30.3 Å². The van der Waals surface area contributed by atoms with Crippen molar-refractivity contribution in [3.8, 4) is 5.75 Å². The highest BCUT2D eigenvalue weighted by Crippen LogP contribution is 2.21. The highest BCUT2D eigenvalue weighted by molar-refractivity contribution is 6.35. The molecule has 1 heterocycles. The van der Waals surface area contributed by atoms with E-state index in [1.54, 1.807) is 19.2 Å². The quantitative estimate of drug-likeness (QED) is 0.493. The van der Waals surface area contributed by atoms with Gasteiger partial charge < -0.3 is 10.1 Å². The van der Waals surface area contributed by atoms with E-state index in [-0.39, 0.29) is 19.0 Å². The summed E-state index contributed by atoms with van der Waals surface area (Å²) in [5.74, 6) is 0.903. The highest BCUT2D eigenvalue weighted by atomic mass is 35.5. The van der Waals surface area contributed by atoms with Crippen LogP contribution in [0.5, 0.6) is 5.75 Å². The molecule has 7 nitrogen and oxygen atoms in total. The molecule has 2 aromatic carbocycles. The topological polar surface area (TPSA) is 78.2 Å². The zero-order valence-corrected chi connectivity index (χ0v) is 18.5. The van der Waals surface area contributed by atoms with E-state index in [0.29, 0.717) is 28.8 Å². The van der Waals surface area contributed by atoms with Gasteiger partial charge >= 0.3 is 11.4 Å². The van der Waals surface area contributed by atoms with E-state index in [2.05, 4.69) is 16.9 Å². The van der Waals surface area contributed by atoms with Gasteiger partial charge in [-0.15, -0.1) is 6.58 Å².